The standard InChI is InChI=1S/C22H20O4/c1-13(2)10-15-12-19(23)25-17-9-8-16-21(24)18(26-22(16)20(15)17)11-14-6-4-3-5-7-14/h3-9,11,13,15H,10,12H2,1-2H3/b18-11-. The van der Waals surface area contributed by atoms with Crippen molar-refractivity contribution < 1.29 is 19.1 Å². The van der Waals surface area contributed by atoms with Crippen LogP contribution in [0.5, 0.6) is 11.5 Å². The SMILES string of the molecule is CC(C)CC1CC(=O)Oc2ccc3c(c21)O/C(=C\c1ccccc1)C3=O. The highest BCUT2D eigenvalue weighted by atomic mass is 16.5. The molecule has 2 heterocycles. The van der Waals surface area contributed by atoms with Crippen LogP contribution in [0.15, 0.2) is 48.2 Å². The van der Waals surface area contributed by atoms with Crippen LogP contribution < -0.4 is 9.47 Å². The molecule has 0 amide bonds. The van der Waals surface area contributed by atoms with Gasteiger partial charge in [-0.1, -0.05) is 44.2 Å². The molecule has 2 aromatic rings. The predicted octanol–water partition coefficient (Wildman–Crippen LogP) is 4.74. The van der Waals surface area contributed by atoms with E-state index in [1.165, 1.54) is 0 Å². The van der Waals surface area contributed by atoms with Gasteiger partial charge in [-0.2, -0.15) is 0 Å². The topological polar surface area (TPSA) is 52.6 Å². The van der Waals surface area contributed by atoms with Crippen LogP contribution in [-0.2, 0) is 4.79 Å². The predicted molar refractivity (Wildman–Crippen MR) is 98.3 cm³/mol. The number of carbonyl (C=O) groups excluding carboxylic acids is 2. The van der Waals surface area contributed by atoms with E-state index in [-0.39, 0.29) is 17.7 Å². The highest BCUT2D eigenvalue weighted by molar-refractivity contribution is 6.15. The van der Waals surface area contributed by atoms with Gasteiger partial charge in [0, 0.05) is 11.5 Å². The van der Waals surface area contributed by atoms with Gasteiger partial charge in [0.2, 0.25) is 5.78 Å². The third-order valence-corrected chi connectivity index (χ3v) is 4.73. The van der Waals surface area contributed by atoms with Crippen LogP contribution in [0.1, 0.15) is 54.1 Å². The van der Waals surface area contributed by atoms with Gasteiger partial charge in [0.15, 0.2) is 5.76 Å². The minimum atomic E-state index is -0.229. The largest absolute Gasteiger partial charge is 0.452 e. The third-order valence-electron chi connectivity index (χ3n) is 4.73. The summed E-state index contributed by atoms with van der Waals surface area (Å²) in [6, 6.07) is 13.0. The van der Waals surface area contributed by atoms with Crippen LogP contribution >= 0.6 is 0 Å². The van der Waals surface area contributed by atoms with Crippen LogP contribution in [0, 0.1) is 5.92 Å². The van der Waals surface area contributed by atoms with E-state index in [0.29, 0.717) is 35.2 Å². The van der Waals surface area contributed by atoms with Gasteiger partial charge in [-0.25, -0.2) is 0 Å². The molecular weight excluding hydrogens is 328 g/mol. The molecule has 0 saturated carbocycles. The van der Waals surface area contributed by atoms with E-state index in [9.17, 15) is 9.59 Å². The molecule has 0 spiro atoms. The van der Waals surface area contributed by atoms with E-state index >= 15 is 0 Å². The average Bonchev–Trinajstić information content (AvgIpc) is 2.91. The molecule has 0 radical (unpaired) electrons. The molecular formula is C22H20O4. The number of hydrogen-bond acceptors (Lipinski definition) is 4. The molecule has 4 heteroatoms. The normalized spacial score (nSPS) is 20.0. The second-order valence-electron chi connectivity index (χ2n) is 7.21. The van der Waals surface area contributed by atoms with E-state index in [0.717, 1.165) is 17.5 Å². The number of allylic oxidation sites excluding steroid dienone is 1. The lowest BCUT2D eigenvalue weighted by Crippen LogP contribution is -2.21. The Morgan fingerprint density at radius 3 is 2.58 bits per heavy atom. The molecule has 0 saturated heterocycles. The summed E-state index contributed by atoms with van der Waals surface area (Å²) in [6.45, 7) is 4.24. The van der Waals surface area contributed by atoms with Crippen molar-refractivity contribution in [3.8, 4) is 11.5 Å². The quantitative estimate of drug-likeness (QED) is 0.457. The first kappa shape index (κ1) is 16.6. The molecule has 0 N–H and O–H groups in total. The molecule has 2 aliphatic heterocycles. The summed E-state index contributed by atoms with van der Waals surface area (Å²) in [7, 11) is 0. The maximum Gasteiger partial charge on any atom is 0.311 e. The first-order chi connectivity index (χ1) is 12.5. The van der Waals surface area contributed by atoms with Crippen molar-refractivity contribution in [2.24, 2.45) is 5.92 Å². The lowest BCUT2D eigenvalue weighted by atomic mass is 9.84. The van der Waals surface area contributed by atoms with E-state index in [2.05, 4.69) is 13.8 Å². The zero-order chi connectivity index (χ0) is 18.3. The summed E-state index contributed by atoms with van der Waals surface area (Å²) in [4.78, 5) is 24.7. The fraction of sp³-hybridized carbons (Fsp3) is 0.273. The lowest BCUT2D eigenvalue weighted by Gasteiger charge is -2.27. The second-order valence-corrected chi connectivity index (χ2v) is 7.21. The molecule has 2 aromatic carbocycles. The van der Waals surface area contributed by atoms with Gasteiger partial charge in [-0.05, 0) is 36.1 Å². The van der Waals surface area contributed by atoms with E-state index < -0.39 is 0 Å². The molecule has 132 valence electrons. The molecule has 2 aliphatic rings. The fourth-order valence-corrected chi connectivity index (χ4v) is 3.67. The molecule has 26 heavy (non-hydrogen) atoms. The van der Waals surface area contributed by atoms with Crippen molar-refractivity contribution in [3.63, 3.8) is 0 Å². The second kappa shape index (κ2) is 6.45. The Balaban J connectivity index is 1.77. The number of ether oxygens (including phenoxy) is 2. The van der Waals surface area contributed by atoms with E-state index in [4.69, 9.17) is 9.47 Å². The van der Waals surface area contributed by atoms with Crippen LogP contribution in [0.25, 0.3) is 6.08 Å². The first-order valence-corrected chi connectivity index (χ1v) is 8.90. The van der Waals surface area contributed by atoms with Gasteiger partial charge in [-0.3, -0.25) is 9.59 Å². The molecule has 4 rings (SSSR count). The summed E-state index contributed by atoms with van der Waals surface area (Å²) >= 11 is 0. The van der Waals surface area contributed by atoms with Crippen LogP contribution in [0.3, 0.4) is 0 Å². The van der Waals surface area contributed by atoms with Crippen molar-refractivity contribution in [2.75, 3.05) is 0 Å². The molecule has 0 aliphatic carbocycles. The number of rotatable bonds is 3. The Bertz CT molecular complexity index is 909. The Labute approximate surface area is 152 Å². The van der Waals surface area contributed by atoms with E-state index in [1.54, 1.807) is 18.2 Å². The fourth-order valence-electron chi connectivity index (χ4n) is 3.67. The highest BCUT2D eigenvalue weighted by Gasteiger charge is 2.37. The Morgan fingerprint density at radius 1 is 1.08 bits per heavy atom. The number of esters is 1. The van der Waals surface area contributed by atoms with Crippen LogP contribution in [-0.4, -0.2) is 11.8 Å². The molecule has 4 nitrogen and oxygen atoms in total. The van der Waals surface area contributed by atoms with Crippen molar-refractivity contribution >= 4 is 17.8 Å². The number of Topliss-reactive ketones (excluding diaryl/α,β-unsaturated/α-hetero) is 1. The van der Waals surface area contributed by atoms with E-state index in [1.807, 2.05) is 30.3 Å². The average molecular weight is 348 g/mol. The monoisotopic (exact) mass is 348 g/mol. The zero-order valence-electron chi connectivity index (χ0n) is 14.8. The van der Waals surface area contributed by atoms with Gasteiger partial charge in [0.1, 0.15) is 11.5 Å². The Hall–Kier alpha value is -2.88. The number of carbonyl (C=O) groups is 2. The van der Waals surface area contributed by atoms with Gasteiger partial charge in [-0.15, -0.1) is 0 Å². The molecule has 1 atom stereocenters. The first-order valence-electron chi connectivity index (χ1n) is 8.90. The van der Waals surface area contributed by atoms with Crippen molar-refractivity contribution in [1.82, 2.24) is 0 Å². The number of fused-ring (bicyclic) bond motifs is 3. The lowest BCUT2D eigenvalue weighted by molar-refractivity contribution is -0.136. The molecule has 0 bridgehead atoms. The molecule has 0 fully saturated rings. The third kappa shape index (κ3) is 2.92. The minimum Gasteiger partial charge on any atom is -0.452 e. The van der Waals surface area contributed by atoms with Crippen LogP contribution in [0.4, 0.5) is 0 Å². The van der Waals surface area contributed by atoms with Gasteiger partial charge in [0.25, 0.3) is 0 Å². The molecule has 1 unspecified atom stereocenters. The minimum absolute atomic E-state index is 0.00470. The van der Waals surface area contributed by atoms with Crippen molar-refractivity contribution in [2.45, 2.75) is 32.6 Å². The van der Waals surface area contributed by atoms with Gasteiger partial charge < -0.3 is 9.47 Å². The maximum absolute atomic E-state index is 12.8. The maximum atomic E-state index is 12.8. The van der Waals surface area contributed by atoms with Crippen molar-refractivity contribution in [1.29, 1.82) is 0 Å². The summed E-state index contributed by atoms with van der Waals surface area (Å²) in [5.74, 6) is 1.43. The highest BCUT2D eigenvalue weighted by Crippen LogP contribution is 2.48. The van der Waals surface area contributed by atoms with Crippen molar-refractivity contribution in [3.05, 3.63) is 64.9 Å². The summed E-state index contributed by atoms with van der Waals surface area (Å²) in [6.07, 6.45) is 2.91. The summed E-state index contributed by atoms with van der Waals surface area (Å²) in [5, 5.41) is 0. The number of hydrogen-bond donors (Lipinski definition) is 0. The van der Waals surface area contributed by atoms with Gasteiger partial charge in [0.05, 0.1) is 12.0 Å². The van der Waals surface area contributed by atoms with Gasteiger partial charge >= 0.3 is 5.97 Å². The number of ketones is 1. The Morgan fingerprint density at radius 2 is 1.85 bits per heavy atom. The van der Waals surface area contributed by atoms with Crippen LogP contribution in [0.2, 0.25) is 0 Å². The Kier molecular flexibility index (Phi) is 4.11. The summed E-state index contributed by atoms with van der Waals surface area (Å²) < 4.78 is 11.4. The number of benzene rings is 2. The molecule has 0 aromatic heterocycles. The smallest absolute Gasteiger partial charge is 0.311 e. The zero-order valence-corrected chi connectivity index (χ0v) is 14.8. The summed E-state index contributed by atoms with van der Waals surface area (Å²) in [5.41, 5.74) is 2.29.